The summed E-state index contributed by atoms with van der Waals surface area (Å²) in [6.07, 6.45) is 1.71. The van der Waals surface area contributed by atoms with Crippen molar-refractivity contribution in [2.45, 2.75) is 38.3 Å². The molecule has 1 amide bonds. The number of anilines is 2. The van der Waals surface area contributed by atoms with Crippen molar-refractivity contribution in [1.82, 2.24) is 0 Å². The SMILES string of the molecule is CC(C)N1c2cccc(F)c2NC(=O)C12CC2. The molecule has 4 heteroatoms. The molecule has 1 N–H and O–H groups in total. The molecule has 1 aromatic rings. The zero-order valence-electron chi connectivity index (χ0n) is 9.96. The van der Waals surface area contributed by atoms with Crippen molar-refractivity contribution in [1.29, 1.82) is 0 Å². The summed E-state index contributed by atoms with van der Waals surface area (Å²) in [7, 11) is 0. The van der Waals surface area contributed by atoms with Crippen LogP contribution in [0.5, 0.6) is 0 Å². The van der Waals surface area contributed by atoms with Gasteiger partial charge in [0, 0.05) is 6.04 Å². The molecule has 0 unspecified atom stereocenters. The summed E-state index contributed by atoms with van der Waals surface area (Å²) in [6, 6.07) is 5.13. The first-order chi connectivity index (χ1) is 8.06. The molecule has 1 aromatic carbocycles. The van der Waals surface area contributed by atoms with Crippen molar-refractivity contribution in [2.24, 2.45) is 0 Å². The van der Waals surface area contributed by atoms with E-state index in [0.717, 1.165) is 18.5 Å². The summed E-state index contributed by atoms with van der Waals surface area (Å²) >= 11 is 0. The number of amides is 1. The molecule has 1 aliphatic heterocycles. The Balaban J connectivity index is 2.18. The van der Waals surface area contributed by atoms with Crippen LogP contribution >= 0.6 is 0 Å². The summed E-state index contributed by atoms with van der Waals surface area (Å²) in [5.74, 6) is -0.430. The number of nitrogens with zero attached hydrogens (tertiary/aromatic N) is 1. The van der Waals surface area contributed by atoms with E-state index in [2.05, 4.69) is 10.2 Å². The van der Waals surface area contributed by atoms with Gasteiger partial charge in [-0.15, -0.1) is 0 Å². The van der Waals surface area contributed by atoms with Gasteiger partial charge in [-0.1, -0.05) is 6.07 Å². The second-order valence-electron chi connectivity index (χ2n) is 5.08. The second-order valence-corrected chi connectivity index (χ2v) is 5.08. The van der Waals surface area contributed by atoms with Crippen LogP contribution in [0.4, 0.5) is 15.8 Å². The molecule has 1 aliphatic carbocycles. The number of carbonyl (C=O) groups excluding carboxylic acids is 1. The van der Waals surface area contributed by atoms with Crippen LogP contribution in [0, 0.1) is 5.82 Å². The van der Waals surface area contributed by atoms with E-state index in [1.54, 1.807) is 6.07 Å². The van der Waals surface area contributed by atoms with Gasteiger partial charge in [-0.3, -0.25) is 4.79 Å². The van der Waals surface area contributed by atoms with E-state index in [1.807, 2.05) is 19.9 Å². The number of fused-ring (bicyclic) bond motifs is 1. The van der Waals surface area contributed by atoms with E-state index in [0.29, 0.717) is 5.69 Å². The zero-order chi connectivity index (χ0) is 12.2. The molecule has 1 spiro atoms. The summed E-state index contributed by atoms with van der Waals surface area (Å²) in [5, 5.41) is 2.71. The van der Waals surface area contributed by atoms with Crippen LogP contribution in [0.3, 0.4) is 0 Å². The Morgan fingerprint density at radius 3 is 2.71 bits per heavy atom. The highest BCUT2D eigenvalue weighted by Gasteiger charge is 2.58. The number of carbonyl (C=O) groups is 1. The Hall–Kier alpha value is -1.58. The predicted octanol–water partition coefficient (Wildman–Crippen LogP) is 2.53. The average Bonchev–Trinajstić information content (AvgIpc) is 3.03. The Morgan fingerprint density at radius 1 is 1.41 bits per heavy atom. The fraction of sp³-hybridized carbons (Fsp3) is 0.462. The minimum atomic E-state index is -0.422. The zero-order valence-corrected chi connectivity index (χ0v) is 9.96. The van der Waals surface area contributed by atoms with Gasteiger partial charge in [0.2, 0.25) is 5.91 Å². The maximum absolute atomic E-state index is 13.7. The normalized spacial score (nSPS) is 20.5. The quantitative estimate of drug-likeness (QED) is 0.809. The van der Waals surface area contributed by atoms with Gasteiger partial charge >= 0.3 is 0 Å². The predicted molar refractivity (Wildman–Crippen MR) is 64.6 cm³/mol. The Labute approximate surface area is 99.6 Å². The minimum Gasteiger partial charge on any atom is -0.353 e. The smallest absolute Gasteiger partial charge is 0.250 e. The van der Waals surface area contributed by atoms with Crippen LogP contribution < -0.4 is 10.2 Å². The molecular formula is C13H15FN2O. The number of nitrogens with one attached hydrogen (secondary N) is 1. The lowest BCUT2D eigenvalue weighted by Gasteiger charge is -2.41. The molecule has 3 rings (SSSR count). The van der Waals surface area contributed by atoms with Crippen molar-refractivity contribution in [3.8, 4) is 0 Å². The fourth-order valence-corrected chi connectivity index (χ4v) is 2.77. The van der Waals surface area contributed by atoms with E-state index in [-0.39, 0.29) is 17.8 Å². The number of hydrogen-bond donors (Lipinski definition) is 1. The maximum Gasteiger partial charge on any atom is 0.250 e. The topological polar surface area (TPSA) is 32.3 Å². The lowest BCUT2D eigenvalue weighted by atomic mass is 10.0. The van der Waals surface area contributed by atoms with E-state index in [1.165, 1.54) is 6.07 Å². The molecule has 0 bridgehead atoms. The number of benzene rings is 1. The van der Waals surface area contributed by atoms with Crippen molar-refractivity contribution in [3.63, 3.8) is 0 Å². The van der Waals surface area contributed by atoms with Crippen LogP contribution in [0.1, 0.15) is 26.7 Å². The van der Waals surface area contributed by atoms with Gasteiger partial charge in [-0.2, -0.15) is 0 Å². The lowest BCUT2D eigenvalue weighted by Crippen LogP contribution is -2.53. The van der Waals surface area contributed by atoms with E-state index in [4.69, 9.17) is 0 Å². The van der Waals surface area contributed by atoms with Gasteiger partial charge in [-0.25, -0.2) is 4.39 Å². The van der Waals surface area contributed by atoms with Crippen molar-refractivity contribution in [2.75, 3.05) is 10.2 Å². The van der Waals surface area contributed by atoms with Gasteiger partial charge in [0.05, 0.1) is 5.69 Å². The second kappa shape index (κ2) is 3.22. The molecule has 0 atom stereocenters. The molecule has 1 heterocycles. The standard InChI is InChI=1S/C13H15FN2O/c1-8(2)16-10-5-3-4-9(14)11(10)15-12(17)13(16)6-7-13/h3-5,8H,6-7H2,1-2H3,(H,15,17). The van der Waals surface area contributed by atoms with Gasteiger partial charge in [0.25, 0.3) is 0 Å². The van der Waals surface area contributed by atoms with Gasteiger partial charge in [-0.05, 0) is 38.8 Å². The van der Waals surface area contributed by atoms with Crippen LogP contribution in [0.15, 0.2) is 18.2 Å². The van der Waals surface area contributed by atoms with Gasteiger partial charge in [0.15, 0.2) is 0 Å². The van der Waals surface area contributed by atoms with E-state index in [9.17, 15) is 9.18 Å². The van der Waals surface area contributed by atoms with Gasteiger partial charge in [0.1, 0.15) is 17.0 Å². The third-order valence-electron chi connectivity index (χ3n) is 3.61. The summed E-state index contributed by atoms with van der Waals surface area (Å²) in [4.78, 5) is 14.1. The first-order valence-electron chi connectivity index (χ1n) is 5.95. The van der Waals surface area contributed by atoms with E-state index >= 15 is 0 Å². The molecule has 0 aromatic heterocycles. The van der Waals surface area contributed by atoms with Crippen LogP contribution in [0.2, 0.25) is 0 Å². The summed E-state index contributed by atoms with van der Waals surface area (Å²) < 4.78 is 13.7. The van der Waals surface area contributed by atoms with Crippen LogP contribution in [-0.2, 0) is 4.79 Å². The van der Waals surface area contributed by atoms with E-state index < -0.39 is 5.54 Å². The number of halogens is 1. The highest BCUT2D eigenvalue weighted by atomic mass is 19.1. The number of rotatable bonds is 1. The molecule has 1 fully saturated rings. The molecular weight excluding hydrogens is 219 g/mol. The highest BCUT2D eigenvalue weighted by molar-refractivity contribution is 6.08. The average molecular weight is 234 g/mol. The summed E-state index contributed by atoms with van der Waals surface area (Å²) in [6.45, 7) is 4.07. The van der Waals surface area contributed by atoms with Crippen molar-refractivity contribution < 1.29 is 9.18 Å². The Kier molecular flexibility index (Phi) is 2.00. The first kappa shape index (κ1) is 10.6. The monoisotopic (exact) mass is 234 g/mol. The van der Waals surface area contributed by atoms with Crippen molar-refractivity contribution in [3.05, 3.63) is 24.0 Å². The molecule has 0 radical (unpaired) electrons. The largest absolute Gasteiger partial charge is 0.353 e. The van der Waals surface area contributed by atoms with Crippen molar-refractivity contribution >= 4 is 17.3 Å². The Morgan fingerprint density at radius 2 is 2.12 bits per heavy atom. The number of para-hydroxylation sites is 1. The summed E-state index contributed by atoms with van der Waals surface area (Å²) in [5.41, 5.74) is 0.704. The molecule has 0 saturated heterocycles. The fourth-order valence-electron chi connectivity index (χ4n) is 2.77. The Bertz CT molecular complexity index is 494. The van der Waals surface area contributed by atoms with Crippen LogP contribution in [0.25, 0.3) is 0 Å². The maximum atomic E-state index is 13.7. The van der Waals surface area contributed by atoms with Crippen LogP contribution in [-0.4, -0.2) is 17.5 Å². The first-order valence-corrected chi connectivity index (χ1v) is 5.95. The molecule has 3 nitrogen and oxygen atoms in total. The highest BCUT2D eigenvalue weighted by Crippen LogP contribution is 2.51. The molecule has 17 heavy (non-hydrogen) atoms. The minimum absolute atomic E-state index is 0.0659. The third kappa shape index (κ3) is 1.30. The number of hydrogen-bond acceptors (Lipinski definition) is 2. The van der Waals surface area contributed by atoms with Gasteiger partial charge < -0.3 is 10.2 Å². The third-order valence-corrected chi connectivity index (χ3v) is 3.61. The molecule has 2 aliphatic rings. The molecule has 1 saturated carbocycles. The molecule has 90 valence electrons. The lowest BCUT2D eigenvalue weighted by molar-refractivity contribution is -0.118.